The predicted octanol–water partition coefficient (Wildman–Crippen LogP) is 5.47. The molecule has 1 unspecified atom stereocenters. The van der Waals surface area contributed by atoms with Crippen LogP contribution in [0.5, 0.6) is 5.75 Å². The van der Waals surface area contributed by atoms with E-state index in [-0.39, 0.29) is 35.4 Å². The van der Waals surface area contributed by atoms with Gasteiger partial charge in [-0.25, -0.2) is 9.37 Å². The van der Waals surface area contributed by atoms with Crippen LogP contribution in [0.15, 0.2) is 48.8 Å². The predicted molar refractivity (Wildman–Crippen MR) is 113 cm³/mol. The molecule has 172 valence electrons. The minimum absolute atomic E-state index is 0.0144. The maximum absolute atomic E-state index is 13.7. The van der Waals surface area contributed by atoms with Crippen molar-refractivity contribution in [3.05, 3.63) is 60.3 Å². The van der Waals surface area contributed by atoms with E-state index < -0.39 is 11.9 Å². The molecule has 33 heavy (non-hydrogen) atoms. The number of aromatic nitrogens is 2. The van der Waals surface area contributed by atoms with Crippen LogP contribution in [0.3, 0.4) is 0 Å². The number of fused-ring (bicyclic) bond motifs is 2. The number of rotatable bonds is 5. The first kappa shape index (κ1) is 21.6. The number of amides is 1. The van der Waals surface area contributed by atoms with Gasteiger partial charge in [-0.2, -0.15) is 13.2 Å². The lowest BCUT2D eigenvalue weighted by Crippen LogP contribution is -2.25. The summed E-state index contributed by atoms with van der Waals surface area (Å²) in [5.74, 6) is 0.653. The van der Waals surface area contributed by atoms with Gasteiger partial charge in [0, 0.05) is 17.5 Å². The molecule has 2 aliphatic carbocycles. The second kappa shape index (κ2) is 7.97. The summed E-state index contributed by atoms with van der Waals surface area (Å²) in [6.45, 7) is 1.84. The molecule has 2 saturated carbocycles. The average Bonchev–Trinajstić information content (AvgIpc) is 3.27. The van der Waals surface area contributed by atoms with E-state index in [4.69, 9.17) is 4.74 Å². The molecule has 1 N–H and O–H groups in total. The van der Waals surface area contributed by atoms with Crippen molar-refractivity contribution in [1.82, 2.24) is 9.97 Å². The van der Waals surface area contributed by atoms with Gasteiger partial charge in [-0.05, 0) is 67.0 Å². The minimum Gasteiger partial charge on any atom is -0.490 e. The Labute approximate surface area is 187 Å². The van der Waals surface area contributed by atoms with Gasteiger partial charge >= 0.3 is 6.18 Å². The van der Waals surface area contributed by atoms with Gasteiger partial charge in [-0.15, -0.1) is 0 Å². The van der Waals surface area contributed by atoms with Crippen LogP contribution >= 0.6 is 0 Å². The number of nitrogens with zero attached hydrogens (tertiary/aromatic N) is 2. The van der Waals surface area contributed by atoms with Crippen LogP contribution in [0.2, 0.25) is 0 Å². The van der Waals surface area contributed by atoms with Crippen molar-refractivity contribution in [3.8, 4) is 5.75 Å². The van der Waals surface area contributed by atoms with E-state index in [1.807, 2.05) is 6.92 Å². The van der Waals surface area contributed by atoms with Gasteiger partial charge in [-0.1, -0.05) is 6.92 Å². The zero-order valence-electron chi connectivity index (χ0n) is 17.6. The number of ether oxygens (including phenoxy) is 1. The third-order valence-electron chi connectivity index (χ3n) is 6.74. The molecule has 0 saturated heterocycles. The van der Waals surface area contributed by atoms with Crippen LogP contribution in [0.1, 0.15) is 25.5 Å². The number of anilines is 1. The molecule has 0 spiro atoms. The minimum atomic E-state index is -4.52. The van der Waals surface area contributed by atoms with Gasteiger partial charge in [-0.3, -0.25) is 9.78 Å². The van der Waals surface area contributed by atoms with Crippen LogP contribution in [-0.4, -0.2) is 22.0 Å². The van der Waals surface area contributed by atoms with Crippen LogP contribution in [0.25, 0.3) is 10.9 Å². The van der Waals surface area contributed by atoms with E-state index in [2.05, 4.69) is 15.3 Å². The summed E-state index contributed by atoms with van der Waals surface area (Å²) in [5.41, 5.74) is -0.0947. The highest BCUT2D eigenvalue weighted by molar-refractivity contribution is 5.92. The number of benzene rings is 1. The molecule has 1 amide bonds. The van der Waals surface area contributed by atoms with Crippen molar-refractivity contribution in [1.29, 1.82) is 0 Å². The summed E-state index contributed by atoms with van der Waals surface area (Å²) < 4.78 is 57.7. The second-order valence-electron chi connectivity index (χ2n) is 8.79. The lowest BCUT2D eigenvalue weighted by atomic mass is 9.97. The van der Waals surface area contributed by atoms with E-state index in [9.17, 15) is 22.4 Å². The normalized spacial score (nSPS) is 24.9. The summed E-state index contributed by atoms with van der Waals surface area (Å²) in [6, 6.07) is 8.19. The Morgan fingerprint density at radius 1 is 1.12 bits per heavy atom. The van der Waals surface area contributed by atoms with Crippen molar-refractivity contribution in [2.75, 3.05) is 5.32 Å². The molecule has 0 bridgehead atoms. The summed E-state index contributed by atoms with van der Waals surface area (Å²) >= 11 is 0. The first-order valence-corrected chi connectivity index (χ1v) is 10.8. The number of halogens is 4. The highest BCUT2D eigenvalue weighted by atomic mass is 19.4. The molecule has 5 nitrogen and oxygen atoms in total. The fourth-order valence-corrected chi connectivity index (χ4v) is 5.12. The van der Waals surface area contributed by atoms with Crippen molar-refractivity contribution >= 4 is 22.5 Å². The molecule has 2 aromatic heterocycles. The number of hydrogen-bond donors (Lipinski definition) is 1. The standard InChI is InChI=1S/C24H21F4N3O2/c1-12(23(32)31-14-3-5-21(30-11-14)24(26,27)28)22-16-9-15(10-17(16)22)33-20-6-7-29-19-4-2-13(25)8-18(19)20/h2-8,11-12,15-17,22H,9-10H2,1H3,(H,31,32)/t12?,15-,16-,17+,22+. The average molecular weight is 459 g/mol. The van der Waals surface area contributed by atoms with Crippen molar-refractivity contribution < 1.29 is 27.1 Å². The number of pyridine rings is 2. The van der Waals surface area contributed by atoms with Gasteiger partial charge in [0.1, 0.15) is 17.3 Å². The van der Waals surface area contributed by atoms with E-state index in [1.54, 1.807) is 18.3 Å². The Morgan fingerprint density at radius 2 is 1.88 bits per heavy atom. The number of carbonyl (C=O) groups excluding carboxylic acids is 1. The maximum Gasteiger partial charge on any atom is 0.433 e. The van der Waals surface area contributed by atoms with Crippen LogP contribution in [0, 0.1) is 29.5 Å². The molecule has 5 rings (SSSR count). The molecule has 2 fully saturated rings. The van der Waals surface area contributed by atoms with E-state index in [0.717, 1.165) is 25.1 Å². The first-order valence-electron chi connectivity index (χ1n) is 10.8. The highest BCUT2D eigenvalue weighted by Crippen LogP contribution is 2.61. The van der Waals surface area contributed by atoms with Crippen molar-refractivity contribution in [2.45, 2.75) is 32.0 Å². The lowest BCUT2D eigenvalue weighted by Gasteiger charge is -2.20. The Hall–Kier alpha value is -3.23. The molecule has 2 aliphatic rings. The zero-order chi connectivity index (χ0) is 23.3. The Bertz CT molecular complexity index is 1190. The second-order valence-corrected chi connectivity index (χ2v) is 8.79. The molecule has 5 atom stereocenters. The third-order valence-corrected chi connectivity index (χ3v) is 6.74. The lowest BCUT2D eigenvalue weighted by molar-refractivity contribution is -0.141. The van der Waals surface area contributed by atoms with E-state index in [1.165, 1.54) is 18.2 Å². The monoisotopic (exact) mass is 459 g/mol. The van der Waals surface area contributed by atoms with Gasteiger partial charge in [0.25, 0.3) is 0 Å². The van der Waals surface area contributed by atoms with E-state index in [0.29, 0.717) is 28.5 Å². The van der Waals surface area contributed by atoms with Gasteiger partial charge in [0.15, 0.2) is 0 Å². The van der Waals surface area contributed by atoms with Crippen LogP contribution < -0.4 is 10.1 Å². The topological polar surface area (TPSA) is 64.1 Å². The Kier molecular flexibility index (Phi) is 5.22. The van der Waals surface area contributed by atoms with Crippen LogP contribution in [-0.2, 0) is 11.0 Å². The number of carbonyl (C=O) groups is 1. The van der Waals surface area contributed by atoms with Gasteiger partial charge in [0.05, 0.1) is 23.5 Å². The van der Waals surface area contributed by atoms with E-state index >= 15 is 0 Å². The fourth-order valence-electron chi connectivity index (χ4n) is 5.12. The number of hydrogen-bond acceptors (Lipinski definition) is 4. The highest BCUT2D eigenvalue weighted by Gasteiger charge is 2.59. The Balaban J connectivity index is 1.17. The first-order chi connectivity index (χ1) is 15.7. The van der Waals surface area contributed by atoms with Crippen LogP contribution in [0.4, 0.5) is 23.2 Å². The molecular formula is C24H21F4N3O2. The largest absolute Gasteiger partial charge is 0.490 e. The molecule has 0 radical (unpaired) electrons. The summed E-state index contributed by atoms with van der Waals surface area (Å²) in [5, 5.41) is 3.30. The smallest absolute Gasteiger partial charge is 0.433 e. The zero-order valence-corrected chi connectivity index (χ0v) is 17.6. The van der Waals surface area contributed by atoms with Crippen molar-refractivity contribution in [2.24, 2.45) is 23.7 Å². The molecule has 3 aromatic rings. The quantitative estimate of drug-likeness (QED) is 0.515. The molecule has 2 heterocycles. The third kappa shape index (κ3) is 4.24. The molecule has 0 aliphatic heterocycles. The van der Waals surface area contributed by atoms with Gasteiger partial charge < -0.3 is 10.1 Å². The SMILES string of the molecule is CC(C(=O)Nc1ccc(C(F)(F)F)nc1)[C@H]1[C@@H]2C[C@@H](Oc3ccnc4ccc(F)cc34)C[C@@H]21. The molecular weight excluding hydrogens is 438 g/mol. The van der Waals surface area contributed by atoms with Gasteiger partial charge in [0.2, 0.25) is 5.91 Å². The van der Waals surface area contributed by atoms with Crippen molar-refractivity contribution in [3.63, 3.8) is 0 Å². The fraction of sp³-hybridized carbons (Fsp3) is 0.375. The summed E-state index contributed by atoms with van der Waals surface area (Å²) in [4.78, 5) is 20.2. The number of alkyl halides is 3. The molecule has 1 aromatic carbocycles. The summed E-state index contributed by atoms with van der Waals surface area (Å²) in [7, 11) is 0. The maximum atomic E-state index is 13.7. The molecule has 9 heteroatoms. The Morgan fingerprint density at radius 3 is 2.55 bits per heavy atom. The summed E-state index contributed by atoms with van der Waals surface area (Å²) in [6.07, 6.45) is -0.276. The number of nitrogens with one attached hydrogen (secondary N) is 1.